The second-order valence-corrected chi connectivity index (χ2v) is 11.9. The lowest BCUT2D eigenvalue weighted by Gasteiger charge is -2.26. The first-order valence-electron chi connectivity index (χ1n) is 14.2. The van der Waals surface area contributed by atoms with Gasteiger partial charge < -0.3 is 24.8 Å². The number of rotatable bonds is 6. The van der Waals surface area contributed by atoms with E-state index in [0.717, 1.165) is 23.3 Å². The van der Waals surface area contributed by atoms with E-state index in [-0.39, 0.29) is 36.6 Å². The lowest BCUT2D eigenvalue weighted by Crippen LogP contribution is -2.42. The average Bonchev–Trinajstić information content (AvgIpc) is 3.64. The molecule has 0 unspecified atom stereocenters. The second-order valence-electron chi connectivity index (χ2n) is 11.9. The number of aromatic nitrogens is 1. The Balaban J connectivity index is 1.41. The van der Waals surface area contributed by atoms with Crippen molar-refractivity contribution in [2.45, 2.75) is 71.6 Å². The normalized spacial score (nSPS) is 18.7. The monoisotopic (exact) mass is 595 g/mol. The molecule has 3 heterocycles. The molecule has 2 N–H and O–H groups in total. The molecule has 5 rings (SSSR count). The van der Waals surface area contributed by atoms with Gasteiger partial charge in [0.05, 0.1) is 17.1 Å². The number of nitrogens with one attached hydrogen (secondary N) is 2. The van der Waals surface area contributed by atoms with Crippen LogP contribution < -0.4 is 15.5 Å². The molecule has 2 aliphatic rings. The van der Waals surface area contributed by atoms with Gasteiger partial charge in [-0.05, 0) is 77.3 Å². The Bertz CT molecular complexity index is 1550. The highest BCUT2D eigenvalue weighted by molar-refractivity contribution is 6.08. The molecule has 0 bridgehead atoms. The Morgan fingerprint density at radius 1 is 1.05 bits per heavy atom. The highest BCUT2D eigenvalue weighted by Gasteiger charge is 2.38. The Morgan fingerprint density at radius 3 is 2.49 bits per heavy atom. The molecule has 3 amide bonds. The van der Waals surface area contributed by atoms with Gasteiger partial charge in [0.25, 0.3) is 0 Å². The maximum atomic E-state index is 14.0. The van der Waals surface area contributed by atoms with Crippen molar-refractivity contribution in [3.05, 3.63) is 59.5 Å². The Morgan fingerprint density at radius 2 is 1.81 bits per heavy atom. The van der Waals surface area contributed by atoms with Crippen molar-refractivity contribution in [1.82, 2.24) is 10.1 Å². The molecule has 0 saturated carbocycles. The minimum atomic E-state index is -1.10. The summed E-state index contributed by atoms with van der Waals surface area (Å²) in [6.45, 7) is 10.00. The molecular formula is C31H35F2N5O5. The van der Waals surface area contributed by atoms with Crippen molar-refractivity contribution in [3.8, 4) is 11.1 Å². The van der Waals surface area contributed by atoms with E-state index in [9.17, 15) is 23.2 Å². The fourth-order valence-corrected chi connectivity index (χ4v) is 5.52. The maximum absolute atomic E-state index is 14.0. The van der Waals surface area contributed by atoms with Gasteiger partial charge in [0.1, 0.15) is 17.4 Å². The van der Waals surface area contributed by atoms with Gasteiger partial charge in [-0.25, -0.2) is 13.6 Å². The van der Waals surface area contributed by atoms with E-state index in [1.807, 2.05) is 39.8 Å². The SMILES string of the molecule is Cc1noc(C)c1-c1ccc(N[C@H]2CCN(C(=O)OC(C)(C)C)C2)c(NC(=O)[C@@H]2CCC(=O)N2c2ccc(F)c(F)c2)c1. The zero-order chi connectivity index (χ0) is 31.1. The molecule has 12 heteroatoms. The van der Waals surface area contributed by atoms with E-state index < -0.39 is 29.2 Å². The van der Waals surface area contributed by atoms with E-state index in [4.69, 9.17) is 9.26 Å². The number of benzene rings is 2. The Hall–Kier alpha value is -4.48. The quantitative estimate of drug-likeness (QED) is 0.370. The molecule has 2 fully saturated rings. The highest BCUT2D eigenvalue weighted by atomic mass is 19.2. The minimum Gasteiger partial charge on any atom is -0.444 e. The zero-order valence-electron chi connectivity index (χ0n) is 24.8. The van der Waals surface area contributed by atoms with Crippen LogP contribution >= 0.6 is 0 Å². The number of carbonyl (C=O) groups excluding carboxylic acids is 3. The summed E-state index contributed by atoms with van der Waals surface area (Å²) >= 11 is 0. The number of hydrogen-bond donors (Lipinski definition) is 2. The number of halogens is 2. The van der Waals surface area contributed by atoms with E-state index in [1.165, 1.54) is 11.0 Å². The topological polar surface area (TPSA) is 117 Å². The van der Waals surface area contributed by atoms with Gasteiger partial charge in [0, 0.05) is 42.9 Å². The van der Waals surface area contributed by atoms with E-state index in [0.29, 0.717) is 42.3 Å². The molecule has 2 aromatic carbocycles. The summed E-state index contributed by atoms with van der Waals surface area (Å²) in [4.78, 5) is 41.9. The van der Waals surface area contributed by atoms with Crippen molar-refractivity contribution < 1.29 is 32.4 Å². The fourth-order valence-electron chi connectivity index (χ4n) is 5.52. The zero-order valence-corrected chi connectivity index (χ0v) is 24.8. The summed E-state index contributed by atoms with van der Waals surface area (Å²) in [5.41, 5.74) is 2.80. The summed E-state index contributed by atoms with van der Waals surface area (Å²) in [5.74, 6) is -2.36. The smallest absolute Gasteiger partial charge is 0.410 e. The van der Waals surface area contributed by atoms with Gasteiger partial charge in [-0.3, -0.25) is 14.5 Å². The van der Waals surface area contributed by atoms with Crippen LogP contribution in [0, 0.1) is 25.5 Å². The molecule has 2 atom stereocenters. The van der Waals surface area contributed by atoms with E-state index in [2.05, 4.69) is 15.8 Å². The number of anilines is 3. The van der Waals surface area contributed by atoms with Gasteiger partial charge in [0.2, 0.25) is 11.8 Å². The standard InChI is InChI=1S/C31H35F2N5O5/c1-17-28(18(2)43-36-17)19-6-9-24(34-20-12-13-37(16-20)30(41)42-31(3,4)5)25(14-19)35-29(40)26-10-11-27(39)38(26)21-7-8-22(32)23(33)15-21/h6-9,14-15,20,26,34H,10-13,16H2,1-5H3,(H,35,40)/t20-,26-/m0/s1. The van der Waals surface area contributed by atoms with Crippen molar-refractivity contribution in [1.29, 1.82) is 0 Å². The van der Waals surface area contributed by atoms with Crippen LogP contribution in [0.15, 0.2) is 40.9 Å². The number of aryl methyl sites for hydroxylation is 2. The third-order valence-electron chi connectivity index (χ3n) is 7.50. The first-order chi connectivity index (χ1) is 20.3. The Kier molecular flexibility index (Phi) is 8.13. The number of hydrogen-bond acceptors (Lipinski definition) is 7. The molecule has 0 radical (unpaired) electrons. The van der Waals surface area contributed by atoms with E-state index in [1.54, 1.807) is 17.9 Å². The summed E-state index contributed by atoms with van der Waals surface area (Å²) < 4.78 is 38.5. The van der Waals surface area contributed by atoms with Gasteiger partial charge in [-0.1, -0.05) is 11.2 Å². The first kappa shape index (κ1) is 30.0. The lowest BCUT2D eigenvalue weighted by atomic mass is 10.0. The van der Waals surface area contributed by atoms with E-state index >= 15 is 0 Å². The molecule has 0 aliphatic carbocycles. The second kappa shape index (κ2) is 11.7. The summed E-state index contributed by atoms with van der Waals surface area (Å²) in [6.07, 6.45) is 0.578. The molecular weight excluding hydrogens is 560 g/mol. The van der Waals surface area contributed by atoms with Crippen LogP contribution in [-0.4, -0.2) is 58.7 Å². The van der Waals surface area contributed by atoms with Gasteiger partial charge in [-0.2, -0.15) is 0 Å². The maximum Gasteiger partial charge on any atom is 0.410 e. The molecule has 10 nitrogen and oxygen atoms in total. The molecule has 228 valence electrons. The van der Waals surface area contributed by atoms with Crippen molar-refractivity contribution in [3.63, 3.8) is 0 Å². The fraction of sp³-hybridized carbons (Fsp3) is 0.419. The molecule has 43 heavy (non-hydrogen) atoms. The van der Waals surface area contributed by atoms with Crippen molar-refractivity contribution in [2.24, 2.45) is 0 Å². The summed E-state index contributed by atoms with van der Waals surface area (Å²) in [5, 5.41) is 10.4. The largest absolute Gasteiger partial charge is 0.444 e. The van der Waals surface area contributed by atoms with Crippen LogP contribution in [0.1, 0.15) is 51.5 Å². The molecule has 2 saturated heterocycles. The average molecular weight is 596 g/mol. The number of amides is 3. The van der Waals surface area contributed by atoms with Crippen LogP contribution in [0.3, 0.4) is 0 Å². The molecule has 2 aliphatic heterocycles. The third kappa shape index (κ3) is 6.47. The van der Waals surface area contributed by atoms with Gasteiger partial charge >= 0.3 is 6.09 Å². The molecule has 0 spiro atoms. The lowest BCUT2D eigenvalue weighted by molar-refractivity contribution is -0.120. The molecule has 1 aromatic heterocycles. The number of likely N-dealkylation sites (tertiary alicyclic amines) is 1. The molecule has 3 aromatic rings. The number of nitrogens with zero attached hydrogens (tertiary/aromatic N) is 3. The minimum absolute atomic E-state index is 0.0872. The van der Waals surface area contributed by atoms with Crippen molar-refractivity contribution in [2.75, 3.05) is 28.6 Å². The summed E-state index contributed by atoms with van der Waals surface area (Å²) in [6, 6.07) is 7.61. The van der Waals surface area contributed by atoms with Gasteiger partial charge in [0.15, 0.2) is 11.6 Å². The first-order valence-corrected chi connectivity index (χ1v) is 14.2. The van der Waals surface area contributed by atoms with Crippen LogP contribution in [0.4, 0.5) is 30.6 Å². The van der Waals surface area contributed by atoms with Crippen LogP contribution in [0.25, 0.3) is 11.1 Å². The van der Waals surface area contributed by atoms with Gasteiger partial charge in [-0.15, -0.1) is 0 Å². The third-order valence-corrected chi connectivity index (χ3v) is 7.50. The summed E-state index contributed by atoms with van der Waals surface area (Å²) in [7, 11) is 0. The van der Waals surface area contributed by atoms with Crippen LogP contribution in [0.2, 0.25) is 0 Å². The highest BCUT2D eigenvalue weighted by Crippen LogP contribution is 2.35. The van der Waals surface area contributed by atoms with Crippen LogP contribution in [-0.2, 0) is 14.3 Å². The predicted octanol–water partition coefficient (Wildman–Crippen LogP) is 5.79. The number of carbonyl (C=O) groups is 3. The number of ether oxygens (including phenoxy) is 1. The predicted molar refractivity (Wildman–Crippen MR) is 157 cm³/mol. The van der Waals surface area contributed by atoms with Crippen LogP contribution in [0.5, 0.6) is 0 Å². The van der Waals surface area contributed by atoms with Crippen molar-refractivity contribution >= 4 is 35.0 Å². The Labute approximate surface area is 248 Å².